The molecule has 1 fully saturated rings. The summed E-state index contributed by atoms with van der Waals surface area (Å²) in [4.78, 5) is 15.0. The van der Waals surface area contributed by atoms with E-state index in [0.29, 0.717) is 23.9 Å². The van der Waals surface area contributed by atoms with Gasteiger partial charge in [-0.25, -0.2) is 4.39 Å². The van der Waals surface area contributed by atoms with E-state index in [4.69, 9.17) is 4.74 Å². The van der Waals surface area contributed by atoms with Crippen molar-refractivity contribution >= 4 is 5.91 Å². The van der Waals surface area contributed by atoms with Crippen molar-refractivity contribution in [1.29, 1.82) is 0 Å². The number of amides is 1. The van der Waals surface area contributed by atoms with Crippen molar-refractivity contribution in [1.82, 2.24) is 15.1 Å². The highest BCUT2D eigenvalue weighted by molar-refractivity contribution is 5.93. The maximum absolute atomic E-state index is 13.1. The molecule has 1 N–H and O–H groups in total. The molecule has 29 heavy (non-hydrogen) atoms. The fourth-order valence-corrected chi connectivity index (χ4v) is 3.84. The number of aromatic amines is 1. The molecule has 1 unspecified atom stereocenters. The summed E-state index contributed by atoms with van der Waals surface area (Å²) in [6, 6.07) is 15.9. The van der Waals surface area contributed by atoms with E-state index in [1.54, 1.807) is 25.3 Å². The molecular formula is C23H24FN3O2. The smallest absolute Gasteiger partial charge is 0.271 e. The number of carbonyl (C=O) groups excluding carboxylic acids is 1. The molecule has 1 aliphatic heterocycles. The second kappa shape index (κ2) is 8.47. The van der Waals surface area contributed by atoms with Crippen molar-refractivity contribution in [2.75, 3.05) is 20.2 Å². The maximum Gasteiger partial charge on any atom is 0.271 e. The number of nitrogens with zero attached hydrogens (tertiary/aromatic N) is 2. The van der Waals surface area contributed by atoms with Crippen LogP contribution >= 0.6 is 0 Å². The van der Waals surface area contributed by atoms with Crippen molar-refractivity contribution < 1.29 is 13.9 Å². The van der Waals surface area contributed by atoms with Crippen molar-refractivity contribution in [3.63, 3.8) is 0 Å². The van der Waals surface area contributed by atoms with E-state index in [-0.39, 0.29) is 11.7 Å². The van der Waals surface area contributed by atoms with Crippen LogP contribution in [-0.2, 0) is 0 Å². The van der Waals surface area contributed by atoms with E-state index < -0.39 is 0 Å². The highest BCUT2D eigenvalue weighted by Gasteiger charge is 2.25. The lowest BCUT2D eigenvalue weighted by Gasteiger charge is -2.24. The van der Waals surface area contributed by atoms with Crippen LogP contribution in [0.25, 0.3) is 11.3 Å². The van der Waals surface area contributed by atoms with Gasteiger partial charge in [-0.05, 0) is 60.9 Å². The summed E-state index contributed by atoms with van der Waals surface area (Å²) in [5, 5.41) is 7.10. The molecule has 6 heteroatoms. The third-order valence-electron chi connectivity index (χ3n) is 5.49. The lowest BCUT2D eigenvalue weighted by Crippen LogP contribution is -2.34. The topological polar surface area (TPSA) is 58.2 Å². The van der Waals surface area contributed by atoms with Gasteiger partial charge in [0.05, 0.1) is 12.8 Å². The molecule has 1 amide bonds. The minimum Gasteiger partial charge on any atom is -0.497 e. The highest BCUT2D eigenvalue weighted by Crippen LogP contribution is 2.29. The predicted molar refractivity (Wildman–Crippen MR) is 109 cm³/mol. The molecule has 5 nitrogen and oxygen atoms in total. The van der Waals surface area contributed by atoms with Crippen LogP contribution in [0.15, 0.2) is 54.6 Å². The number of H-pyrrole nitrogens is 1. The largest absolute Gasteiger partial charge is 0.497 e. The second-order valence-electron chi connectivity index (χ2n) is 7.39. The van der Waals surface area contributed by atoms with Gasteiger partial charge in [0.15, 0.2) is 0 Å². The highest BCUT2D eigenvalue weighted by atomic mass is 19.1. The summed E-state index contributed by atoms with van der Waals surface area (Å²) in [7, 11) is 1.66. The molecule has 0 bridgehead atoms. The second-order valence-corrected chi connectivity index (χ2v) is 7.39. The van der Waals surface area contributed by atoms with Gasteiger partial charge < -0.3 is 9.64 Å². The molecular weight excluding hydrogens is 369 g/mol. The number of halogens is 1. The standard InChI is InChI=1S/C23H24FN3O2/c1-29-20-11-7-16(8-12-20)18-4-2-3-13-27(15-18)23(28)22-14-21(25-26-22)17-5-9-19(24)10-6-17/h5-12,14,18H,2-4,13,15H2,1H3,(H,25,26). The lowest BCUT2D eigenvalue weighted by molar-refractivity contribution is 0.0748. The Kier molecular flexibility index (Phi) is 5.60. The van der Waals surface area contributed by atoms with Gasteiger partial charge in [0.2, 0.25) is 0 Å². The first-order valence-corrected chi connectivity index (χ1v) is 9.88. The van der Waals surface area contributed by atoms with E-state index in [0.717, 1.165) is 37.1 Å². The first-order valence-electron chi connectivity index (χ1n) is 9.88. The molecule has 1 saturated heterocycles. The van der Waals surface area contributed by atoms with E-state index in [1.165, 1.54) is 17.7 Å². The SMILES string of the molecule is COc1ccc(C2CCCCN(C(=O)c3cc(-c4ccc(F)cc4)n[nH]3)C2)cc1. The molecule has 3 aromatic rings. The van der Waals surface area contributed by atoms with Crippen LogP contribution in [0.1, 0.15) is 41.2 Å². The van der Waals surface area contributed by atoms with Gasteiger partial charge in [-0.3, -0.25) is 9.89 Å². The zero-order chi connectivity index (χ0) is 20.2. The molecule has 1 aliphatic rings. The van der Waals surface area contributed by atoms with Crippen LogP contribution < -0.4 is 4.74 Å². The van der Waals surface area contributed by atoms with Gasteiger partial charge in [0.1, 0.15) is 17.3 Å². The van der Waals surface area contributed by atoms with Crippen molar-refractivity contribution in [2.24, 2.45) is 0 Å². The Balaban J connectivity index is 1.50. The maximum atomic E-state index is 13.1. The number of hydrogen-bond donors (Lipinski definition) is 1. The molecule has 150 valence electrons. The first-order chi connectivity index (χ1) is 14.1. The lowest BCUT2D eigenvalue weighted by atomic mass is 9.94. The van der Waals surface area contributed by atoms with E-state index in [2.05, 4.69) is 22.3 Å². The Morgan fingerprint density at radius 3 is 2.62 bits per heavy atom. The Bertz CT molecular complexity index is 967. The van der Waals surface area contributed by atoms with Crippen molar-refractivity contribution in [3.05, 3.63) is 71.7 Å². The van der Waals surface area contributed by atoms with Crippen molar-refractivity contribution in [3.8, 4) is 17.0 Å². The van der Waals surface area contributed by atoms with Gasteiger partial charge in [0.25, 0.3) is 5.91 Å². The number of nitrogens with one attached hydrogen (secondary N) is 1. The molecule has 0 spiro atoms. The number of ether oxygens (including phenoxy) is 1. The molecule has 1 atom stereocenters. The molecule has 2 heterocycles. The summed E-state index contributed by atoms with van der Waals surface area (Å²) in [5.41, 5.74) is 3.09. The number of rotatable bonds is 4. The van der Waals surface area contributed by atoms with Crippen LogP contribution in [0.3, 0.4) is 0 Å². The molecule has 0 radical (unpaired) electrons. The molecule has 1 aromatic heterocycles. The number of aromatic nitrogens is 2. The van der Waals surface area contributed by atoms with Gasteiger partial charge in [-0.1, -0.05) is 18.6 Å². The fourth-order valence-electron chi connectivity index (χ4n) is 3.84. The summed E-state index contributed by atoms with van der Waals surface area (Å²) in [6.45, 7) is 1.41. The average Bonchev–Trinajstić information content (AvgIpc) is 3.12. The number of benzene rings is 2. The predicted octanol–water partition coefficient (Wildman–Crippen LogP) is 4.63. The van der Waals surface area contributed by atoms with E-state index in [9.17, 15) is 9.18 Å². The molecule has 0 saturated carbocycles. The third-order valence-corrected chi connectivity index (χ3v) is 5.49. The number of likely N-dealkylation sites (tertiary alicyclic amines) is 1. The first kappa shape index (κ1) is 19.2. The summed E-state index contributed by atoms with van der Waals surface area (Å²) in [5.74, 6) is 0.786. The summed E-state index contributed by atoms with van der Waals surface area (Å²) in [6.07, 6.45) is 3.13. The minimum atomic E-state index is -0.297. The average molecular weight is 393 g/mol. The Morgan fingerprint density at radius 1 is 1.14 bits per heavy atom. The number of carbonyl (C=O) groups is 1. The van der Waals surface area contributed by atoms with E-state index in [1.807, 2.05) is 17.0 Å². The number of methoxy groups -OCH3 is 1. The summed E-state index contributed by atoms with van der Waals surface area (Å²) >= 11 is 0. The van der Waals surface area contributed by atoms with Crippen LogP contribution in [0, 0.1) is 5.82 Å². The van der Waals surface area contributed by atoms with E-state index >= 15 is 0 Å². The Morgan fingerprint density at radius 2 is 1.90 bits per heavy atom. The van der Waals surface area contributed by atoms with Gasteiger partial charge in [-0.2, -0.15) is 5.10 Å². The monoisotopic (exact) mass is 393 g/mol. The summed E-state index contributed by atoms with van der Waals surface area (Å²) < 4.78 is 18.4. The Hall–Kier alpha value is -3.15. The third kappa shape index (κ3) is 4.31. The normalized spacial score (nSPS) is 17.0. The quantitative estimate of drug-likeness (QED) is 0.703. The fraction of sp³-hybridized carbons (Fsp3) is 0.304. The van der Waals surface area contributed by atoms with Crippen LogP contribution in [0.5, 0.6) is 5.75 Å². The van der Waals surface area contributed by atoms with Crippen LogP contribution in [0.2, 0.25) is 0 Å². The van der Waals surface area contributed by atoms with Crippen LogP contribution in [-0.4, -0.2) is 41.2 Å². The van der Waals surface area contributed by atoms with Crippen LogP contribution in [0.4, 0.5) is 4.39 Å². The van der Waals surface area contributed by atoms with Gasteiger partial charge >= 0.3 is 0 Å². The molecule has 0 aliphatic carbocycles. The Labute approximate surface area is 169 Å². The van der Waals surface area contributed by atoms with Crippen molar-refractivity contribution in [2.45, 2.75) is 25.2 Å². The molecule has 4 rings (SSSR count). The van der Waals surface area contributed by atoms with Gasteiger partial charge in [-0.15, -0.1) is 0 Å². The zero-order valence-corrected chi connectivity index (χ0v) is 16.4. The molecule has 2 aromatic carbocycles. The minimum absolute atomic E-state index is 0.0497. The number of hydrogen-bond acceptors (Lipinski definition) is 3. The zero-order valence-electron chi connectivity index (χ0n) is 16.4. The van der Waals surface area contributed by atoms with Gasteiger partial charge in [0, 0.05) is 24.6 Å².